The lowest BCUT2D eigenvalue weighted by Crippen LogP contribution is -2.42. The molecule has 1 aliphatic heterocycles. The van der Waals surface area contributed by atoms with E-state index in [1.807, 2.05) is 6.07 Å². The van der Waals surface area contributed by atoms with Crippen molar-refractivity contribution in [1.29, 1.82) is 0 Å². The maximum atomic E-state index is 12.8. The summed E-state index contributed by atoms with van der Waals surface area (Å²) in [6.07, 6.45) is 1.35. The number of carbonyl (C=O) groups is 2. The number of halogens is 4. The predicted octanol–water partition coefficient (Wildman–Crippen LogP) is 4.07. The third kappa shape index (κ3) is 5.44. The second kappa shape index (κ2) is 9.37. The van der Waals surface area contributed by atoms with E-state index in [2.05, 4.69) is 5.32 Å². The number of alkyl halides is 3. The van der Waals surface area contributed by atoms with Gasteiger partial charge in [-0.05, 0) is 61.3 Å². The van der Waals surface area contributed by atoms with Crippen molar-refractivity contribution in [1.82, 2.24) is 10.2 Å². The molecule has 0 spiro atoms. The van der Waals surface area contributed by atoms with Crippen molar-refractivity contribution in [2.45, 2.75) is 57.5 Å². The largest absolute Gasteiger partial charge is 0.471 e. The normalized spacial score (nSPS) is 17.7. The van der Waals surface area contributed by atoms with E-state index < -0.39 is 12.1 Å². The van der Waals surface area contributed by atoms with Crippen molar-refractivity contribution in [3.8, 4) is 0 Å². The van der Waals surface area contributed by atoms with E-state index in [4.69, 9.17) is 11.6 Å². The molecule has 1 aromatic rings. The zero-order chi connectivity index (χ0) is 21.0. The minimum absolute atomic E-state index is 0.0249. The number of nitrogens with one attached hydrogen (secondary N) is 1. The summed E-state index contributed by atoms with van der Waals surface area (Å²) in [4.78, 5) is 24.6. The highest BCUT2D eigenvalue weighted by Gasteiger charge is 2.42. The van der Waals surface area contributed by atoms with E-state index in [0.717, 1.165) is 47.3 Å². The molecule has 1 aromatic carbocycles. The molecule has 0 atom stereocenters. The lowest BCUT2D eigenvalue weighted by Gasteiger charge is -2.21. The number of carbonyl (C=O) groups excluding carboxylic acids is 2. The van der Waals surface area contributed by atoms with Crippen LogP contribution in [0.25, 0.3) is 0 Å². The first kappa shape index (κ1) is 21.9. The summed E-state index contributed by atoms with van der Waals surface area (Å²) in [5, 5.41) is 3.57. The van der Waals surface area contributed by atoms with Crippen LogP contribution >= 0.6 is 11.6 Å². The van der Waals surface area contributed by atoms with Gasteiger partial charge in [0.05, 0.1) is 0 Å². The maximum absolute atomic E-state index is 12.8. The molecule has 2 amide bonds. The molecule has 0 unspecified atom stereocenters. The smallest absolute Gasteiger partial charge is 0.356 e. The van der Waals surface area contributed by atoms with Crippen LogP contribution in [0.15, 0.2) is 12.1 Å². The number of hydrogen-bond acceptors (Lipinski definition) is 2. The van der Waals surface area contributed by atoms with E-state index in [1.165, 1.54) is 0 Å². The number of benzene rings is 1. The van der Waals surface area contributed by atoms with Gasteiger partial charge >= 0.3 is 12.1 Å². The van der Waals surface area contributed by atoms with E-state index in [9.17, 15) is 22.8 Å². The number of rotatable bonds is 5. The number of nitrogens with zero attached hydrogens (tertiary/aromatic N) is 1. The second-order valence-electron chi connectivity index (χ2n) is 7.83. The lowest BCUT2D eigenvalue weighted by atomic mass is 9.94. The summed E-state index contributed by atoms with van der Waals surface area (Å²) < 4.78 is 38.3. The van der Waals surface area contributed by atoms with E-state index in [1.54, 1.807) is 6.07 Å². The monoisotopic (exact) mass is 430 g/mol. The molecular formula is C21H26ClF3N2O2. The first-order valence-electron chi connectivity index (χ1n) is 10.2. The Bertz CT molecular complexity index is 761. The van der Waals surface area contributed by atoms with Crippen LogP contribution in [0.4, 0.5) is 13.2 Å². The number of hydrogen-bond donors (Lipinski definition) is 1. The van der Waals surface area contributed by atoms with Gasteiger partial charge in [-0.3, -0.25) is 9.59 Å². The van der Waals surface area contributed by atoms with Crippen LogP contribution in [-0.2, 0) is 28.9 Å². The highest BCUT2D eigenvalue weighted by molar-refractivity contribution is 6.31. The molecule has 1 heterocycles. The third-order valence-electron chi connectivity index (χ3n) is 5.91. The van der Waals surface area contributed by atoms with Gasteiger partial charge in [-0.2, -0.15) is 13.2 Å². The Labute approximate surface area is 173 Å². The van der Waals surface area contributed by atoms with Gasteiger partial charge in [0, 0.05) is 30.6 Å². The Hall–Kier alpha value is -1.76. The van der Waals surface area contributed by atoms with Crippen LogP contribution in [0.5, 0.6) is 0 Å². The molecule has 1 saturated carbocycles. The summed E-state index contributed by atoms with van der Waals surface area (Å²) >= 11 is 6.38. The Morgan fingerprint density at radius 2 is 1.83 bits per heavy atom. The Kier molecular flexibility index (Phi) is 7.09. The summed E-state index contributed by atoms with van der Waals surface area (Å²) in [6.45, 7) is 0.620. The fraction of sp³-hybridized carbons (Fsp3) is 0.619. The van der Waals surface area contributed by atoms with E-state index >= 15 is 0 Å². The molecule has 0 bridgehead atoms. The van der Waals surface area contributed by atoms with Gasteiger partial charge in [0.25, 0.3) is 0 Å². The van der Waals surface area contributed by atoms with Crippen molar-refractivity contribution in [3.05, 3.63) is 33.8 Å². The first-order valence-corrected chi connectivity index (χ1v) is 10.6. The van der Waals surface area contributed by atoms with Gasteiger partial charge in [0.15, 0.2) is 0 Å². The van der Waals surface area contributed by atoms with Crippen LogP contribution in [-0.4, -0.2) is 42.5 Å². The molecule has 160 valence electrons. The minimum atomic E-state index is -4.85. The van der Waals surface area contributed by atoms with Crippen LogP contribution in [0.1, 0.15) is 48.8 Å². The summed E-state index contributed by atoms with van der Waals surface area (Å²) in [5.41, 5.74) is 2.80. The highest BCUT2D eigenvalue weighted by atomic mass is 35.5. The second-order valence-corrected chi connectivity index (χ2v) is 8.24. The minimum Gasteiger partial charge on any atom is -0.356 e. The van der Waals surface area contributed by atoms with Crippen LogP contribution < -0.4 is 5.32 Å². The zero-order valence-corrected chi connectivity index (χ0v) is 17.0. The molecule has 8 heteroatoms. The molecule has 0 saturated heterocycles. The van der Waals surface area contributed by atoms with Crippen molar-refractivity contribution in [3.63, 3.8) is 0 Å². The average Bonchev–Trinajstić information content (AvgIpc) is 3.13. The molecule has 4 nitrogen and oxygen atoms in total. The Morgan fingerprint density at radius 1 is 1.14 bits per heavy atom. The first-order chi connectivity index (χ1) is 13.8. The van der Waals surface area contributed by atoms with Gasteiger partial charge in [-0.25, -0.2) is 0 Å². The molecule has 2 aliphatic rings. The summed E-state index contributed by atoms with van der Waals surface area (Å²) in [5.74, 6) is -1.54. The van der Waals surface area contributed by atoms with Crippen molar-refractivity contribution in [2.75, 3.05) is 19.6 Å². The van der Waals surface area contributed by atoms with Gasteiger partial charge < -0.3 is 10.2 Å². The maximum Gasteiger partial charge on any atom is 0.471 e. The van der Waals surface area contributed by atoms with Crippen molar-refractivity contribution >= 4 is 23.4 Å². The topological polar surface area (TPSA) is 49.4 Å². The quantitative estimate of drug-likeness (QED) is 0.716. The standard InChI is InChI=1S/C21H26ClF3N2O2/c22-18-8-7-14-9-12-27(20(29)21(23,24)25)13-10-16(14)17(18)6-3-11-26-19(28)15-4-1-2-5-15/h7-8,15H,1-6,9-13H2,(H,26,28). The van der Waals surface area contributed by atoms with E-state index in [-0.39, 0.29) is 24.9 Å². The van der Waals surface area contributed by atoms with Crippen LogP contribution in [0.2, 0.25) is 5.02 Å². The van der Waals surface area contributed by atoms with Gasteiger partial charge in [-0.15, -0.1) is 0 Å². The fourth-order valence-electron chi connectivity index (χ4n) is 4.33. The zero-order valence-electron chi connectivity index (χ0n) is 16.3. The van der Waals surface area contributed by atoms with Crippen LogP contribution in [0, 0.1) is 5.92 Å². The Morgan fingerprint density at radius 3 is 2.52 bits per heavy atom. The van der Waals surface area contributed by atoms with Crippen LogP contribution in [0.3, 0.4) is 0 Å². The molecule has 3 rings (SSSR count). The van der Waals surface area contributed by atoms with Crippen molar-refractivity contribution < 1.29 is 22.8 Å². The number of fused-ring (bicyclic) bond motifs is 1. The molecule has 1 N–H and O–H groups in total. The Balaban J connectivity index is 1.60. The highest BCUT2D eigenvalue weighted by Crippen LogP contribution is 2.29. The predicted molar refractivity (Wildman–Crippen MR) is 105 cm³/mol. The van der Waals surface area contributed by atoms with Gasteiger partial charge in [0.2, 0.25) is 5.91 Å². The third-order valence-corrected chi connectivity index (χ3v) is 6.27. The van der Waals surface area contributed by atoms with Crippen molar-refractivity contribution in [2.24, 2.45) is 5.92 Å². The molecule has 0 radical (unpaired) electrons. The molecular weight excluding hydrogens is 405 g/mol. The molecule has 1 aliphatic carbocycles. The van der Waals surface area contributed by atoms with Gasteiger partial charge in [-0.1, -0.05) is 30.5 Å². The summed E-state index contributed by atoms with van der Waals surface area (Å²) in [6, 6.07) is 3.61. The number of amides is 2. The SMILES string of the molecule is O=C(NCCCc1c(Cl)ccc2c1CCN(C(=O)C(F)(F)F)CC2)C1CCCC1. The average molecular weight is 431 g/mol. The van der Waals surface area contributed by atoms with E-state index in [0.29, 0.717) is 37.3 Å². The fourth-order valence-corrected chi connectivity index (χ4v) is 4.61. The lowest BCUT2D eigenvalue weighted by molar-refractivity contribution is -0.185. The molecule has 29 heavy (non-hydrogen) atoms. The molecule has 1 fully saturated rings. The molecule has 0 aromatic heterocycles. The summed E-state index contributed by atoms with van der Waals surface area (Å²) in [7, 11) is 0. The van der Waals surface area contributed by atoms with Gasteiger partial charge in [0.1, 0.15) is 0 Å².